The summed E-state index contributed by atoms with van der Waals surface area (Å²) in [6.45, 7) is -0.0103. The van der Waals surface area contributed by atoms with Gasteiger partial charge in [0.1, 0.15) is 6.61 Å². The summed E-state index contributed by atoms with van der Waals surface area (Å²) >= 11 is 0. The summed E-state index contributed by atoms with van der Waals surface area (Å²) < 4.78 is 0. The molecule has 134 valence electrons. The van der Waals surface area contributed by atoms with Crippen LogP contribution in [0.25, 0.3) is 33.8 Å². The smallest absolute Gasteiger partial charge is 0.338 e. The number of nitrogens with two attached hydrogens (primary N) is 1. The van der Waals surface area contributed by atoms with Crippen molar-refractivity contribution in [2.75, 3.05) is 0 Å². The molecule has 0 fully saturated rings. The minimum Gasteiger partial charge on any atom is -0.478 e. The summed E-state index contributed by atoms with van der Waals surface area (Å²) in [4.78, 5) is 24.0. The Morgan fingerprint density at radius 3 is 2.70 bits per heavy atom. The number of hydrogen-bond donors (Lipinski definition) is 3. The predicted octanol–water partition coefficient (Wildman–Crippen LogP) is 3.98. The highest BCUT2D eigenvalue weighted by molar-refractivity contribution is 6.13. The van der Waals surface area contributed by atoms with Gasteiger partial charge in [0.2, 0.25) is 0 Å². The van der Waals surface area contributed by atoms with Crippen LogP contribution in [-0.4, -0.2) is 21.0 Å². The molecule has 27 heavy (non-hydrogen) atoms. The number of benzene rings is 2. The number of nitrogens with one attached hydrogen (secondary N) is 1. The van der Waals surface area contributed by atoms with E-state index in [4.69, 9.17) is 5.90 Å². The number of aromatic amines is 1. The monoisotopic (exact) mass is 359 g/mol. The van der Waals surface area contributed by atoms with Crippen LogP contribution in [0.4, 0.5) is 0 Å². The number of pyridine rings is 1. The Kier molecular flexibility index (Phi) is 4.42. The zero-order chi connectivity index (χ0) is 18.8. The van der Waals surface area contributed by atoms with E-state index < -0.39 is 5.97 Å². The molecule has 4 aromatic rings. The number of carboxylic acid groups (broad SMARTS) is 1. The van der Waals surface area contributed by atoms with E-state index in [1.807, 2.05) is 54.6 Å². The summed E-state index contributed by atoms with van der Waals surface area (Å²) in [5, 5.41) is 12.0. The van der Waals surface area contributed by atoms with Crippen molar-refractivity contribution in [1.82, 2.24) is 9.97 Å². The second-order valence-corrected chi connectivity index (χ2v) is 6.16. The van der Waals surface area contributed by atoms with E-state index in [1.165, 1.54) is 0 Å². The van der Waals surface area contributed by atoms with Crippen molar-refractivity contribution in [3.63, 3.8) is 0 Å². The number of H-pyrrole nitrogens is 1. The van der Waals surface area contributed by atoms with E-state index in [0.717, 1.165) is 27.5 Å². The number of hydrogen-bond acceptors (Lipinski definition) is 4. The van der Waals surface area contributed by atoms with Gasteiger partial charge in [-0.3, -0.25) is 9.82 Å². The van der Waals surface area contributed by atoms with Gasteiger partial charge in [0, 0.05) is 22.4 Å². The molecule has 0 aliphatic heterocycles. The van der Waals surface area contributed by atoms with E-state index in [0.29, 0.717) is 11.1 Å². The van der Waals surface area contributed by atoms with Crippen LogP contribution >= 0.6 is 0 Å². The highest BCUT2D eigenvalue weighted by atomic mass is 16.6. The Hall–Kier alpha value is -3.48. The largest absolute Gasteiger partial charge is 0.478 e. The van der Waals surface area contributed by atoms with Crippen LogP contribution in [0.3, 0.4) is 0 Å². The Bertz CT molecular complexity index is 1160. The standard InChI is InChI=1S/C21H17N3O3/c22-27-12-18-19(21(25)26)16-9-7-14-11-23-15(10-17(14)20(16)24-18)8-6-13-4-2-1-3-5-13/h1-11,24H,12,22H2,(H,25,26)/b8-6+. The van der Waals surface area contributed by atoms with Gasteiger partial charge in [-0.25, -0.2) is 10.7 Å². The molecular formula is C21H17N3O3. The molecule has 4 N–H and O–H groups in total. The number of rotatable bonds is 5. The van der Waals surface area contributed by atoms with E-state index in [2.05, 4.69) is 14.8 Å². The Morgan fingerprint density at radius 1 is 1.15 bits per heavy atom. The maximum absolute atomic E-state index is 11.7. The lowest BCUT2D eigenvalue weighted by Gasteiger charge is -2.02. The summed E-state index contributed by atoms with van der Waals surface area (Å²) in [5.74, 6) is 4.13. The molecule has 2 heterocycles. The molecule has 0 amide bonds. The van der Waals surface area contributed by atoms with Crippen LogP contribution < -0.4 is 5.90 Å². The van der Waals surface area contributed by atoms with Crippen LogP contribution in [0, 0.1) is 0 Å². The minimum absolute atomic E-state index is 0.0103. The predicted molar refractivity (Wildman–Crippen MR) is 105 cm³/mol. The number of carboxylic acids is 1. The van der Waals surface area contributed by atoms with Crippen LogP contribution in [0.2, 0.25) is 0 Å². The third-order valence-electron chi connectivity index (χ3n) is 4.46. The van der Waals surface area contributed by atoms with Crippen molar-refractivity contribution >= 4 is 39.8 Å². The minimum atomic E-state index is -1.02. The van der Waals surface area contributed by atoms with Crippen molar-refractivity contribution in [2.45, 2.75) is 6.61 Å². The number of aromatic nitrogens is 2. The van der Waals surface area contributed by atoms with Gasteiger partial charge in [0.05, 0.1) is 22.5 Å². The molecule has 6 nitrogen and oxygen atoms in total. The van der Waals surface area contributed by atoms with Crippen LogP contribution in [0.1, 0.15) is 27.3 Å². The van der Waals surface area contributed by atoms with E-state index in [-0.39, 0.29) is 12.2 Å². The normalized spacial score (nSPS) is 11.6. The fourth-order valence-corrected chi connectivity index (χ4v) is 3.22. The van der Waals surface area contributed by atoms with Gasteiger partial charge in [0.25, 0.3) is 0 Å². The van der Waals surface area contributed by atoms with Crippen molar-refractivity contribution in [3.8, 4) is 0 Å². The molecule has 6 heteroatoms. The van der Waals surface area contributed by atoms with E-state index in [1.54, 1.807) is 12.3 Å². The van der Waals surface area contributed by atoms with E-state index in [9.17, 15) is 9.90 Å². The van der Waals surface area contributed by atoms with Gasteiger partial charge in [-0.05, 0) is 17.7 Å². The fourth-order valence-electron chi connectivity index (χ4n) is 3.22. The fraction of sp³-hybridized carbons (Fsp3) is 0.0476. The van der Waals surface area contributed by atoms with Gasteiger partial charge in [-0.2, -0.15) is 0 Å². The number of carbonyl (C=O) groups is 1. The quantitative estimate of drug-likeness (QED) is 0.468. The maximum atomic E-state index is 11.7. The van der Waals surface area contributed by atoms with Gasteiger partial charge < -0.3 is 10.1 Å². The van der Waals surface area contributed by atoms with Gasteiger partial charge >= 0.3 is 5.97 Å². The highest BCUT2D eigenvalue weighted by Gasteiger charge is 2.19. The highest BCUT2D eigenvalue weighted by Crippen LogP contribution is 2.30. The molecule has 0 bridgehead atoms. The molecule has 0 atom stereocenters. The van der Waals surface area contributed by atoms with Crippen LogP contribution in [0.15, 0.2) is 54.7 Å². The van der Waals surface area contributed by atoms with Crippen molar-refractivity contribution in [1.29, 1.82) is 0 Å². The molecule has 4 rings (SSSR count). The molecule has 0 aliphatic carbocycles. The first-order valence-electron chi connectivity index (χ1n) is 8.39. The molecule has 0 radical (unpaired) electrons. The number of nitrogens with zero attached hydrogens (tertiary/aromatic N) is 1. The summed E-state index contributed by atoms with van der Waals surface area (Å²) in [6, 6.07) is 15.5. The first-order valence-corrected chi connectivity index (χ1v) is 8.39. The van der Waals surface area contributed by atoms with Crippen molar-refractivity contribution in [3.05, 3.63) is 77.2 Å². The summed E-state index contributed by atoms with van der Waals surface area (Å²) in [6.07, 6.45) is 5.69. The molecular weight excluding hydrogens is 342 g/mol. The third-order valence-corrected chi connectivity index (χ3v) is 4.46. The molecule has 0 aliphatic rings. The zero-order valence-corrected chi connectivity index (χ0v) is 14.3. The lowest BCUT2D eigenvalue weighted by molar-refractivity contribution is 0.0689. The van der Waals surface area contributed by atoms with Crippen molar-refractivity contribution in [2.24, 2.45) is 5.90 Å². The summed E-state index contributed by atoms with van der Waals surface area (Å²) in [5.41, 5.74) is 3.20. The van der Waals surface area contributed by atoms with Crippen LogP contribution in [-0.2, 0) is 11.4 Å². The molecule has 0 unspecified atom stereocenters. The number of aromatic carboxylic acids is 1. The first-order chi connectivity index (χ1) is 13.2. The zero-order valence-electron chi connectivity index (χ0n) is 14.3. The Labute approximate surface area is 154 Å². The molecule has 0 saturated carbocycles. The van der Waals surface area contributed by atoms with Gasteiger partial charge in [-0.15, -0.1) is 0 Å². The molecule has 0 spiro atoms. The lowest BCUT2D eigenvalue weighted by Crippen LogP contribution is -2.05. The Morgan fingerprint density at radius 2 is 1.96 bits per heavy atom. The Balaban J connectivity index is 1.86. The maximum Gasteiger partial charge on any atom is 0.338 e. The average Bonchev–Trinajstić information content (AvgIpc) is 3.06. The second kappa shape index (κ2) is 7.03. The SMILES string of the molecule is NOCc1[nH]c2c(ccc3cnc(/C=C/c4ccccc4)cc32)c1C(=O)O. The molecule has 2 aromatic heterocycles. The molecule has 0 saturated heterocycles. The lowest BCUT2D eigenvalue weighted by atomic mass is 10.1. The topological polar surface area (TPSA) is 101 Å². The average molecular weight is 359 g/mol. The first kappa shape index (κ1) is 17.0. The van der Waals surface area contributed by atoms with Gasteiger partial charge in [-0.1, -0.05) is 48.5 Å². The van der Waals surface area contributed by atoms with Gasteiger partial charge in [0.15, 0.2) is 0 Å². The van der Waals surface area contributed by atoms with Crippen LogP contribution in [0.5, 0.6) is 0 Å². The van der Waals surface area contributed by atoms with E-state index >= 15 is 0 Å². The molecule has 2 aromatic carbocycles. The number of fused-ring (bicyclic) bond motifs is 3. The summed E-state index contributed by atoms with van der Waals surface area (Å²) in [7, 11) is 0. The third kappa shape index (κ3) is 3.19. The van der Waals surface area contributed by atoms with Crippen molar-refractivity contribution < 1.29 is 14.7 Å². The second-order valence-electron chi connectivity index (χ2n) is 6.16.